The van der Waals surface area contributed by atoms with E-state index < -0.39 is 20.2 Å². The fourth-order valence-corrected chi connectivity index (χ4v) is 9.53. The van der Waals surface area contributed by atoms with Crippen LogP contribution in [-0.4, -0.2) is 63.7 Å². The van der Waals surface area contributed by atoms with E-state index in [2.05, 4.69) is 52.0 Å². The normalized spacial score (nSPS) is 11.8. The van der Waals surface area contributed by atoms with Gasteiger partial charge in [0.05, 0.1) is 9.79 Å². The van der Waals surface area contributed by atoms with Crippen LogP contribution in [0.1, 0.15) is 204 Å². The van der Waals surface area contributed by atoms with Crippen molar-refractivity contribution < 1.29 is 25.9 Å². The molecule has 0 aliphatic carbocycles. The van der Waals surface area contributed by atoms with Crippen LogP contribution in [0.3, 0.4) is 0 Å². The van der Waals surface area contributed by atoms with Crippen LogP contribution in [0.2, 0.25) is 0 Å². The Labute approximate surface area is 402 Å². The zero-order valence-corrected chi connectivity index (χ0v) is 42.4. The fraction of sp³-hybridized carbons (Fsp3) is 0.615. The molecule has 61 heavy (non-hydrogen) atoms. The quantitative estimate of drug-likeness (QED) is 0.0292. The molecule has 0 amide bonds. The zero-order chi connectivity index (χ0) is 43.6. The average molecular weight is 903 g/mol. The van der Waals surface area contributed by atoms with Gasteiger partial charge in [-0.25, -0.2) is 16.8 Å². The summed E-state index contributed by atoms with van der Waals surface area (Å²) in [6, 6.07) is 18.2. The predicted molar refractivity (Wildman–Crippen MR) is 258 cm³/mol. The van der Waals surface area contributed by atoms with Crippen LogP contribution >= 0.6 is 0 Å². The Kier molecular flexibility index (Phi) is 28.6. The zero-order valence-electron chi connectivity index (χ0n) is 38.5. The molecular formula is C52H78CaO6S2. The van der Waals surface area contributed by atoms with Gasteiger partial charge in [0.2, 0.25) is 0 Å². The van der Waals surface area contributed by atoms with Crippen molar-refractivity contribution in [3.8, 4) is 0 Å². The van der Waals surface area contributed by atoms with E-state index in [1.807, 2.05) is 0 Å². The van der Waals surface area contributed by atoms with Gasteiger partial charge in [-0.1, -0.05) is 193 Å². The molecule has 0 spiro atoms. The van der Waals surface area contributed by atoms with Crippen LogP contribution < -0.4 is 0 Å². The molecule has 0 unspecified atom stereocenters. The summed E-state index contributed by atoms with van der Waals surface area (Å²) < 4.78 is 69.5. The summed E-state index contributed by atoms with van der Waals surface area (Å²) in [5, 5.41) is 3.94. The Morgan fingerprint density at radius 2 is 0.623 bits per heavy atom. The van der Waals surface area contributed by atoms with Gasteiger partial charge in [0.15, 0.2) is 0 Å². The van der Waals surface area contributed by atoms with Gasteiger partial charge in [-0.05, 0) is 119 Å². The molecule has 0 fully saturated rings. The molecule has 0 aliphatic rings. The number of aryl methyl sites for hydroxylation is 4. The molecule has 0 saturated heterocycles. The van der Waals surface area contributed by atoms with Gasteiger partial charge < -0.3 is 9.11 Å². The van der Waals surface area contributed by atoms with Crippen LogP contribution in [0, 0.1) is 0 Å². The SMILES string of the molecule is CCCCCCCCc1ccc2ccc(S(=O)(=O)[O-])cc2c1CCCCCCCC.CCCCCCCCc1ccc2ccc(S(=O)(=O)[O-])cc2c1CCCCCCCC.[Ca+2]. The molecule has 0 bridgehead atoms. The van der Waals surface area contributed by atoms with Gasteiger partial charge in [0, 0.05) is 0 Å². The monoisotopic (exact) mass is 902 g/mol. The first-order valence-electron chi connectivity index (χ1n) is 23.9. The molecule has 0 heterocycles. The third-order valence-electron chi connectivity index (χ3n) is 12.1. The van der Waals surface area contributed by atoms with Gasteiger partial charge in [0.1, 0.15) is 20.2 Å². The van der Waals surface area contributed by atoms with Crippen molar-refractivity contribution in [1.82, 2.24) is 0 Å². The van der Waals surface area contributed by atoms with E-state index in [0.29, 0.717) is 0 Å². The number of hydrogen-bond donors (Lipinski definition) is 0. The number of fused-ring (bicyclic) bond motifs is 2. The Morgan fingerprint density at radius 1 is 0.361 bits per heavy atom. The molecule has 0 aliphatic heterocycles. The van der Waals surface area contributed by atoms with Gasteiger partial charge in [-0.3, -0.25) is 0 Å². The summed E-state index contributed by atoms with van der Waals surface area (Å²) >= 11 is 0. The summed E-state index contributed by atoms with van der Waals surface area (Å²) in [6.45, 7) is 8.93. The van der Waals surface area contributed by atoms with E-state index in [1.54, 1.807) is 24.3 Å². The molecule has 0 saturated carbocycles. The predicted octanol–water partition coefficient (Wildman–Crippen LogP) is 14.7. The minimum atomic E-state index is -4.44. The molecule has 4 rings (SSSR count). The van der Waals surface area contributed by atoms with Crippen molar-refractivity contribution in [1.29, 1.82) is 0 Å². The van der Waals surface area contributed by atoms with E-state index in [9.17, 15) is 25.9 Å². The minimum absolute atomic E-state index is 0. The first kappa shape index (κ1) is 55.6. The molecule has 4 aromatic rings. The van der Waals surface area contributed by atoms with Gasteiger partial charge in [0.25, 0.3) is 0 Å². The third-order valence-corrected chi connectivity index (χ3v) is 13.8. The Hall–Kier alpha value is -1.52. The smallest absolute Gasteiger partial charge is 0.744 e. The van der Waals surface area contributed by atoms with Crippen molar-refractivity contribution in [2.75, 3.05) is 0 Å². The molecule has 0 atom stereocenters. The van der Waals surface area contributed by atoms with Crippen molar-refractivity contribution in [3.05, 3.63) is 82.9 Å². The van der Waals surface area contributed by atoms with Crippen molar-refractivity contribution in [2.45, 2.75) is 217 Å². The largest absolute Gasteiger partial charge is 2.00 e. The maximum atomic E-state index is 11.6. The Bertz CT molecular complexity index is 1900. The molecule has 0 N–H and O–H groups in total. The van der Waals surface area contributed by atoms with Crippen molar-refractivity contribution in [2.24, 2.45) is 0 Å². The van der Waals surface area contributed by atoms with Crippen molar-refractivity contribution in [3.63, 3.8) is 0 Å². The number of unbranched alkanes of at least 4 members (excludes halogenated alkanes) is 20. The van der Waals surface area contributed by atoms with E-state index in [4.69, 9.17) is 0 Å². The third kappa shape index (κ3) is 20.9. The van der Waals surface area contributed by atoms with Gasteiger partial charge >= 0.3 is 37.7 Å². The topological polar surface area (TPSA) is 114 Å². The van der Waals surface area contributed by atoms with Crippen LogP contribution in [-0.2, 0) is 45.9 Å². The number of hydrogen-bond acceptors (Lipinski definition) is 6. The molecule has 0 aromatic heterocycles. The maximum absolute atomic E-state index is 11.6. The first-order chi connectivity index (χ1) is 28.9. The van der Waals surface area contributed by atoms with Crippen LogP contribution in [0.4, 0.5) is 0 Å². The molecule has 6 nitrogen and oxygen atoms in total. The second kappa shape index (κ2) is 31.4. The molecule has 0 radical (unpaired) electrons. The number of benzene rings is 4. The minimum Gasteiger partial charge on any atom is -0.744 e. The first-order valence-corrected chi connectivity index (χ1v) is 26.8. The van der Waals surface area contributed by atoms with Crippen LogP contribution in [0.5, 0.6) is 0 Å². The summed E-state index contributed by atoms with van der Waals surface area (Å²) in [6.07, 6.45) is 33.9. The second-order valence-electron chi connectivity index (χ2n) is 17.2. The summed E-state index contributed by atoms with van der Waals surface area (Å²) in [5.41, 5.74) is 5.16. The second-order valence-corrected chi connectivity index (χ2v) is 19.9. The Morgan fingerprint density at radius 3 is 0.918 bits per heavy atom. The summed E-state index contributed by atoms with van der Waals surface area (Å²) in [7, 11) is -8.88. The summed E-state index contributed by atoms with van der Waals surface area (Å²) in [4.78, 5) is -0.230. The fourth-order valence-electron chi connectivity index (χ4n) is 8.54. The van der Waals surface area contributed by atoms with Crippen LogP contribution in [0.25, 0.3) is 21.5 Å². The van der Waals surface area contributed by atoms with E-state index in [-0.39, 0.29) is 47.5 Å². The van der Waals surface area contributed by atoms with Crippen LogP contribution in [0.15, 0.2) is 70.5 Å². The maximum Gasteiger partial charge on any atom is 2.00 e. The molecule has 336 valence electrons. The van der Waals surface area contributed by atoms with Crippen molar-refractivity contribution >= 4 is 79.5 Å². The average Bonchev–Trinajstić information content (AvgIpc) is 3.22. The van der Waals surface area contributed by atoms with E-state index in [1.165, 1.54) is 163 Å². The van der Waals surface area contributed by atoms with Gasteiger partial charge in [-0.15, -0.1) is 0 Å². The molecule has 4 aromatic carbocycles. The standard InChI is InChI=1S/2C26H40O3S.Ca/c2*1-3-5-7-9-11-13-15-22-17-18-23-19-20-24(30(27,28)29)21-26(23)25(22)16-14-12-10-8-6-4-2;/h2*17-21H,3-16H2,1-2H3,(H,27,28,29);/q;;+2/p-2. The number of rotatable bonds is 30. The summed E-state index contributed by atoms with van der Waals surface area (Å²) in [5.74, 6) is 0. The van der Waals surface area contributed by atoms with E-state index in [0.717, 1.165) is 72.9 Å². The Balaban J connectivity index is 0.000000413. The van der Waals surface area contributed by atoms with Gasteiger partial charge in [-0.2, -0.15) is 0 Å². The van der Waals surface area contributed by atoms with E-state index >= 15 is 0 Å². The molecular weight excluding hydrogens is 825 g/mol. The molecule has 9 heteroatoms.